The molecule has 0 atom stereocenters. The summed E-state index contributed by atoms with van der Waals surface area (Å²) in [5, 5.41) is 14.8. The summed E-state index contributed by atoms with van der Waals surface area (Å²) in [5.41, 5.74) is -0.496. The molecule has 0 spiro atoms. The van der Waals surface area contributed by atoms with E-state index in [2.05, 4.69) is 5.32 Å². The lowest BCUT2D eigenvalue weighted by atomic mass is 9.69. The molecule has 2 rings (SSSR count). The molecule has 1 amide bonds. The lowest BCUT2D eigenvalue weighted by Crippen LogP contribution is -2.44. The monoisotopic (exact) mass is 211 g/mol. The molecule has 1 fully saturated rings. The number of carbonyl (C=O) groups excluding carboxylic acids is 1. The third-order valence-corrected chi connectivity index (χ3v) is 3.64. The molecule has 1 saturated carbocycles. The minimum absolute atomic E-state index is 0.0336. The summed E-state index contributed by atoms with van der Waals surface area (Å²) in [7, 11) is 0. The Morgan fingerprint density at radius 2 is 2.43 bits per heavy atom. The normalized spacial score (nSPS) is 18.6. The molecule has 1 aliphatic carbocycles. The van der Waals surface area contributed by atoms with Crippen LogP contribution in [0.3, 0.4) is 0 Å². The zero-order chi connectivity index (χ0) is 10.0. The number of hydrogen-bond acceptors (Lipinski definition) is 3. The van der Waals surface area contributed by atoms with Crippen LogP contribution in [0, 0.1) is 5.41 Å². The van der Waals surface area contributed by atoms with Crippen molar-refractivity contribution in [2.75, 3.05) is 11.9 Å². The smallest absolute Gasteiger partial charge is 0.233 e. The van der Waals surface area contributed by atoms with Crippen molar-refractivity contribution in [3.8, 4) is 0 Å². The van der Waals surface area contributed by atoms with E-state index >= 15 is 0 Å². The van der Waals surface area contributed by atoms with Gasteiger partial charge in [-0.25, -0.2) is 0 Å². The Morgan fingerprint density at radius 3 is 2.86 bits per heavy atom. The van der Waals surface area contributed by atoms with E-state index in [4.69, 9.17) is 0 Å². The van der Waals surface area contributed by atoms with Gasteiger partial charge in [-0.1, -0.05) is 6.42 Å². The lowest BCUT2D eigenvalue weighted by molar-refractivity contribution is -0.133. The summed E-state index contributed by atoms with van der Waals surface area (Å²) in [5.74, 6) is -0.0336. The first-order valence-corrected chi connectivity index (χ1v) is 5.61. The van der Waals surface area contributed by atoms with Gasteiger partial charge < -0.3 is 10.4 Å². The molecule has 0 bridgehead atoms. The van der Waals surface area contributed by atoms with Gasteiger partial charge in [0.2, 0.25) is 5.91 Å². The average molecular weight is 211 g/mol. The first-order valence-electron chi connectivity index (χ1n) is 4.73. The Hall–Kier alpha value is -0.870. The van der Waals surface area contributed by atoms with Crippen molar-refractivity contribution in [3.05, 3.63) is 17.5 Å². The number of amides is 1. The third kappa shape index (κ3) is 1.55. The predicted molar refractivity (Wildman–Crippen MR) is 56.3 cm³/mol. The highest BCUT2D eigenvalue weighted by molar-refractivity contribution is 7.14. The fourth-order valence-corrected chi connectivity index (χ4v) is 2.27. The Labute approximate surface area is 86.8 Å². The van der Waals surface area contributed by atoms with Crippen molar-refractivity contribution in [3.63, 3.8) is 0 Å². The van der Waals surface area contributed by atoms with E-state index in [1.807, 2.05) is 17.5 Å². The summed E-state index contributed by atoms with van der Waals surface area (Å²) in [4.78, 5) is 11.8. The van der Waals surface area contributed by atoms with Gasteiger partial charge in [-0.15, -0.1) is 11.3 Å². The molecule has 0 saturated heterocycles. The van der Waals surface area contributed by atoms with Crippen LogP contribution in [0.5, 0.6) is 0 Å². The molecule has 1 aromatic rings. The van der Waals surface area contributed by atoms with Crippen LogP contribution in [0.1, 0.15) is 19.3 Å². The van der Waals surface area contributed by atoms with Gasteiger partial charge in [0, 0.05) is 0 Å². The number of aliphatic hydroxyl groups is 1. The van der Waals surface area contributed by atoms with Gasteiger partial charge in [0.25, 0.3) is 0 Å². The summed E-state index contributed by atoms with van der Waals surface area (Å²) >= 11 is 1.50. The average Bonchev–Trinajstić information content (AvgIpc) is 2.55. The molecular weight excluding hydrogens is 198 g/mol. The summed E-state index contributed by atoms with van der Waals surface area (Å²) in [6.07, 6.45) is 2.65. The summed E-state index contributed by atoms with van der Waals surface area (Å²) < 4.78 is 0. The van der Waals surface area contributed by atoms with Gasteiger partial charge in [0.15, 0.2) is 0 Å². The molecule has 1 aliphatic rings. The van der Waals surface area contributed by atoms with Gasteiger partial charge in [0.1, 0.15) is 0 Å². The van der Waals surface area contributed by atoms with E-state index in [1.54, 1.807) is 0 Å². The fourth-order valence-electron chi connectivity index (χ4n) is 1.65. The van der Waals surface area contributed by atoms with Crippen LogP contribution >= 0.6 is 11.3 Å². The van der Waals surface area contributed by atoms with Crippen LogP contribution in [0.15, 0.2) is 17.5 Å². The van der Waals surface area contributed by atoms with Gasteiger partial charge in [-0.05, 0) is 30.4 Å². The van der Waals surface area contributed by atoms with E-state index in [-0.39, 0.29) is 12.5 Å². The number of hydrogen-bond donors (Lipinski definition) is 2. The van der Waals surface area contributed by atoms with Gasteiger partial charge in [-0.3, -0.25) is 4.79 Å². The van der Waals surface area contributed by atoms with Gasteiger partial charge in [0.05, 0.1) is 17.0 Å². The van der Waals surface area contributed by atoms with Crippen molar-refractivity contribution in [1.82, 2.24) is 0 Å². The second kappa shape index (κ2) is 3.71. The molecule has 1 heterocycles. The number of carbonyl (C=O) groups is 1. The number of anilines is 1. The highest BCUT2D eigenvalue weighted by atomic mass is 32.1. The van der Waals surface area contributed by atoms with E-state index in [9.17, 15) is 9.90 Å². The van der Waals surface area contributed by atoms with E-state index in [0.717, 1.165) is 24.3 Å². The number of rotatable bonds is 3. The molecule has 76 valence electrons. The zero-order valence-corrected chi connectivity index (χ0v) is 8.64. The minimum Gasteiger partial charge on any atom is -0.395 e. The second-order valence-corrected chi connectivity index (χ2v) is 4.67. The Bertz CT molecular complexity index is 311. The largest absolute Gasteiger partial charge is 0.395 e. The van der Waals surface area contributed by atoms with Crippen molar-refractivity contribution in [1.29, 1.82) is 0 Å². The summed E-state index contributed by atoms with van der Waals surface area (Å²) in [6, 6.07) is 3.76. The van der Waals surface area contributed by atoms with Crippen LogP contribution in [-0.2, 0) is 4.79 Å². The zero-order valence-electron chi connectivity index (χ0n) is 7.82. The SMILES string of the molecule is O=C(Nc1cccs1)C1(CO)CCC1. The Morgan fingerprint density at radius 1 is 1.64 bits per heavy atom. The van der Waals surface area contributed by atoms with E-state index in [1.165, 1.54) is 11.3 Å². The first-order chi connectivity index (χ1) is 6.77. The van der Waals surface area contributed by atoms with Crippen LogP contribution in [0.2, 0.25) is 0 Å². The molecule has 4 heteroatoms. The standard InChI is InChI=1S/C10H13NO2S/c12-7-10(4-2-5-10)9(13)11-8-3-1-6-14-8/h1,3,6,12H,2,4-5,7H2,(H,11,13). The first kappa shape index (κ1) is 9.68. The van der Waals surface area contributed by atoms with Crippen LogP contribution < -0.4 is 5.32 Å². The van der Waals surface area contributed by atoms with E-state index in [0.29, 0.717) is 0 Å². The minimum atomic E-state index is -0.496. The molecule has 3 nitrogen and oxygen atoms in total. The van der Waals surface area contributed by atoms with Crippen LogP contribution in [0.4, 0.5) is 5.00 Å². The number of aliphatic hydroxyl groups excluding tert-OH is 1. The topological polar surface area (TPSA) is 49.3 Å². The second-order valence-electron chi connectivity index (χ2n) is 3.72. The summed E-state index contributed by atoms with van der Waals surface area (Å²) in [6.45, 7) is -0.0375. The molecule has 0 unspecified atom stereocenters. The highest BCUT2D eigenvalue weighted by Crippen LogP contribution is 2.41. The molecule has 0 radical (unpaired) electrons. The highest BCUT2D eigenvalue weighted by Gasteiger charge is 2.43. The maximum absolute atomic E-state index is 11.8. The van der Waals surface area contributed by atoms with Gasteiger partial charge >= 0.3 is 0 Å². The van der Waals surface area contributed by atoms with E-state index < -0.39 is 5.41 Å². The number of nitrogens with one attached hydrogen (secondary N) is 1. The Balaban J connectivity index is 2.01. The maximum Gasteiger partial charge on any atom is 0.233 e. The van der Waals surface area contributed by atoms with Crippen molar-refractivity contribution < 1.29 is 9.90 Å². The van der Waals surface area contributed by atoms with Crippen LogP contribution in [0.25, 0.3) is 0 Å². The maximum atomic E-state index is 11.8. The molecule has 1 aromatic heterocycles. The molecule has 14 heavy (non-hydrogen) atoms. The lowest BCUT2D eigenvalue weighted by Gasteiger charge is -2.38. The third-order valence-electron chi connectivity index (χ3n) is 2.85. The number of thiophene rings is 1. The Kier molecular flexibility index (Phi) is 2.56. The van der Waals surface area contributed by atoms with Crippen molar-refractivity contribution in [2.24, 2.45) is 5.41 Å². The quantitative estimate of drug-likeness (QED) is 0.801. The molecule has 0 aliphatic heterocycles. The van der Waals surface area contributed by atoms with Crippen molar-refractivity contribution in [2.45, 2.75) is 19.3 Å². The van der Waals surface area contributed by atoms with Crippen LogP contribution in [-0.4, -0.2) is 17.6 Å². The van der Waals surface area contributed by atoms with Gasteiger partial charge in [-0.2, -0.15) is 0 Å². The molecule has 2 N–H and O–H groups in total. The molecule has 0 aromatic carbocycles. The fraction of sp³-hybridized carbons (Fsp3) is 0.500. The molecular formula is C10H13NO2S. The predicted octanol–water partition coefficient (Wildman–Crippen LogP) is 1.85. The van der Waals surface area contributed by atoms with Crippen molar-refractivity contribution >= 4 is 22.2 Å².